The molecule has 3 aliphatic rings. The van der Waals surface area contributed by atoms with E-state index in [1.807, 2.05) is 17.1 Å². The highest BCUT2D eigenvalue weighted by molar-refractivity contribution is 5.91. The lowest BCUT2D eigenvalue weighted by molar-refractivity contribution is -0.153. The SMILES string of the molecule is CCCCOC(=O)[C@H]1[C@H]2C(=O)N(CCCC)C[C@]23C=C[C@H]1O3. The monoisotopic (exact) mass is 307 g/mol. The van der Waals surface area contributed by atoms with Crippen LogP contribution >= 0.6 is 0 Å². The molecule has 122 valence electrons. The molecule has 0 aliphatic carbocycles. The van der Waals surface area contributed by atoms with Crippen LogP contribution in [0, 0.1) is 11.8 Å². The first-order valence-electron chi connectivity index (χ1n) is 8.45. The van der Waals surface area contributed by atoms with Crippen LogP contribution in [0.15, 0.2) is 12.2 Å². The first-order valence-corrected chi connectivity index (χ1v) is 8.45. The second kappa shape index (κ2) is 6.03. The van der Waals surface area contributed by atoms with E-state index in [4.69, 9.17) is 9.47 Å². The normalized spacial score (nSPS) is 35.3. The highest BCUT2D eigenvalue weighted by atomic mass is 16.6. The largest absolute Gasteiger partial charge is 0.465 e. The third-order valence-corrected chi connectivity index (χ3v) is 4.97. The maximum Gasteiger partial charge on any atom is 0.312 e. The van der Waals surface area contributed by atoms with E-state index in [0.717, 1.165) is 32.2 Å². The number of likely N-dealkylation sites (tertiary alicyclic amines) is 1. The Morgan fingerprint density at radius 2 is 2.18 bits per heavy atom. The van der Waals surface area contributed by atoms with E-state index in [-0.39, 0.29) is 18.0 Å². The van der Waals surface area contributed by atoms with Crippen molar-refractivity contribution in [1.82, 2.24) is 4.90 Å². The number of hydrogen-bond donors (Lipinski definition) is 0. The van der Waals surface area contributed by atoms with Gasteiger partial charge in [-0.3, -0.25) is 9.59 Å². The zero-order valence-corrected chi connectivity index (χ0v) is 13.4. The molecule has 0 radical (unpaired) electrons. The lowest BCUT2D eigenvalue weighted by atomic mass is 9.77. The zero-order valence-electron chi connectivity index (χ0n) is 13.4. The average molecular weight is 307 g/mol. The number of fused-ring (bicyclic) bond motifs is 1. The Bertz CT molecular complexity index is 489. The van der Waals surface area contributed by atoms with Crippen molar-refractivity contribution in [2.45, 2.75) is 51.2 Å². The molecular weight excluding hydrogens is 282 g/mol. The number of unbranched alkanes of at least 4 members (excludes halogenated alkanes) is 2. The Morgan fingerprint density at radius 1 is 1.41 bits per heavy atom. The van der Waals surface area contributed by atoms with Gasteiger partial charge in [0.1, 0.15) is 11.5 Å². The quantitative estimate of drug-likeness (QED) is 0.409. The van der Waals surface area contributed by atoms with E-state index < -0.39 is 17.4 Å². The first-order chi connectivity index (χ1) is 10.6. The third kappa shape index (κ3) is 2.35. The van der Waals surface area contributed by atoms with E-state index in [2.05, 4.69) is 13.8 Å². The molecule has 0 aromatic carbocycles. The molecule has 0 unspecified atom stereocenters. The Balaban J connectivity index is 1.73. The summed E-state index contributed by atoms with van der Waals surface area (Å²) < 4.78 is 11.4. The lowest BCUT2D eigenvalue weighted by Gasteiger charge is -2.22. The number of hydrogen-bond acceptors (Lipinski definition) is 4. The van der Waals surface area contributed by atoms with Gasteiger partial charge >= 0.3 is 5.97 Å². The fraction of sp³-hybridized carbons (Fsp3) is 0.765. The fourth-order valence-electron chi connectivity index (χ4n) is 3.80. The minimum Gasteiger partial charge on any atom is -0.465 e. The lowest BCUT2D eigenvalue weighted by Crippen LogP contribution is -2.40. The summed E-state index contributed by atoms with van der Waals surface area (Å²) in [6.45, 7) is 5.90. The van der Waals surface area contributed by atoms with Crippen LogP contribution in [0.1, 0.15) is 39.5 Å². The van der Waals surface area contributed by atoms with Gasteiger partial charge in [0.05, 0.1) is 25.2 Å². The number of amides is 1. The second-order valence-corrected chi connectivity index (χ2v) is 6.53. The van der Waals surface area contributed by atoms with Crippen LogP contribution in [0.5, 0.6) is 0 Å². The van der Waals surface area contributed by atoms with Crippen molar-refractivity contribution in [1.29, 1.82) is 0 Å². The van der Waals surface area contributed by atoms with E-state index in [9.17, 15) is 9.59 Å². The smallest absolute Gasteiger partial charge is 0.312 e. The van der Waals surface area contributed by atoms with Gasteiger partial charge in [0.25, 0.3) is 0 Å². The molecule has 0 aromatic heterocycles. The molecule has 0 saturated carbocycles. The molecular formula is C17H25NO4. The summed E-state index contributed by atoms with van der Waals surface area (Å²) in [5.41, 5.74) is -0.593. The predicted octanol–water partition coefficient (Wildman–Crippen LogP) is 1.91. The molecule has 3 aliphatic heterocycles. The summed E-state index contributed by atoms with van der Waals surface area (Å²) >= 11 is 0. The van der Waals surface area contributed by atoms with Crippen molar-refractivity contribution < 1.29 is 19.1 Å². The first kappa shape index (κ1) is 15.5. The van der Waals surface area contributed by atoms with Crippen molar-refractivity contribution in [2.24, 2.45) is 11.8 Å². The number of esters is 1. The van der Waals surface area contributed by atoms with Crippen molar-refractivity contribution in [3.63, 3.8) is 0 Å². The van der Waals surface area contributed by atoms with Crippen LogP contribution in [0.3, 0.4) is 0 Å². The molecule has 3 rings (SSSR count). The van der Waals surface area contributed by atoms with Crippen molar-refractivity contribution in [3.8, 4) is 0 Å². The summed E-state index contributed by atoms with van der Waals surface area (Å²) in [5, 5.41) is 0. The maximum atomic E-state index is 12.7. The van der Waals surface area contributed by atoms with E-state index in [0.29, 0.717) is 13.2 Å². The zero-order chi connectivity index (χ0) is 15.7. The van der Waals surface area contributed by atoms with Gasteiger partial charge in [-0.1, -0.05) is 38.8 Å². The van der Waals surface area contributed by atoms with Crippen LogP contribution in [0.4, 0.5) is 0 Å². The van der Waals surface area contributed by atoms with Crippen LogP contribution in [-0.2, 0) is 19.1 Å². The minimum absolute atomic E-state index is 0.0535. The summed E-state index contributed by atoms with van der Waals surface area (Å²) in [7, 11) is 0. The molecule has 1 amide bonds. The van der Waals surface area contributed by atoms with Gasteiger partial charge in [-0.15, -0.1) is 0 Å². The Hall–Kier alpha value is -1.36. The summed E-state index contributed by atoms with van der Waals surface area (Å²) in [5.74, 6) is -1.09. The number of rotatable bonds is 7. The average Bonchev–Trinajstić information content (AvgIpc) is 3.14. The molecule has 22 heavy (non-hydrogen) atoms. The van der Waals surface area contributed by atoms with Crippen LogP contribution in [0.2, 0.25) is 0 Å². The van der Waals surface area contributed by atoms with Crippen molar-refractivity contribution in [3.05, 3.63) is 12.2 Å². The van der Waals surface area contributed by atoms with E-state index in [1.54, 1.807) is 0 Å². The van der Waals surface area contributed by atoms with Gasteiger partial charge in [-0.2, -0.15) is 0 Å². The molecule has 1 spiro atoms. The van der Waals surface area contributed by atoms with E-state index in [1.165, 1.54) is 0 Å². The summed E-state index contributed by atoms with van der Waals surface area (Å²) in [6, 6.07) is 0. The molecule has 5 nitrogen and oxygen atoms in total. The van der Waals surface area contributed by atoms with Gasteiger partial charge in [-0.25, -0.2) is 0 Å². The number of carbonyl (C=O) groups excluding carboxylic acids is 2. The van der Waals surface area contributed by atoms with Gasteiger partial charge in [0.15, 0.2) is 0 Å². The topological polar surface area (TPSA) is 55.8 Å². The second-order valence-electron chi connectivity index (χ2n) is 6.53. The highest BCUT2D eigenvalue weighted by Gasteiger charge is 2.67. The molecule has 5 heteroatoms. The molecule has 4 atom stereocenters. The Kier molecular flexibility index (Phi) is 4.26. The van der Waals surface area contributed by atoms with Crippen LogP contribution < -0.4 is 0 Å². The number of ether oxygens (including phenoxy) is 2. The van der Waals surface area contributed by atoms with Gasteiger partial charge in [0.2, 0.25) is 5.91 Å². The van der Waals surface area contributed by atoms with Gasteiger partial charge in [0, 0.05) is 6.54 Å². The Labute approximate surface area is 131 Å². The number of carbonyl (C=O) groups is 2. The summed E-state index contributed by atoms with van der Waals surface area (Å²) in [6.07, 6.45) is 7.48. The minimum atomic E-state index is -0.593. The fourth-order valence-corrected chi connectivity index (χ4v) is 3.80. The molecule has 2 saturated heterocycles. The third-order valence-electron chi connectivity index (χ3n) is 4.97. The molecule has 0 aromatic rings. The highest BCUT2D eigenvalue weighted by Crippen LogP contribution is 2.52. The summed E-state index contributed by atoms with van der Waals surface area (Å²) in [4.78, 5) is 27.0. The molecule has 2 fully saturated rings. The maximum absolute atomic E-state index is 12.7. The molecule has 3 heterocycles. The number of nitrogens with zero attached hydrogens (tertiary/aromatic N) is 1. The predicted molar refractivity (Wildman–Crippen MR) is 81.1 cm³/mol. The van der Waals surface area contributed by atoms with Crippen molar-refractivity contribution >= 4 is 11.9 Å². The van der Waals surface area contributed by atoms with Gasteiger partial charge < -0.3 is 14.4 Å². The molecule has 2 bridgehead atoms. The Morgan fingerprint density at radius 3 is 2.91 bits per heavy atom. The van der Waals surface area contributed by atoms with E-state index >= 15 is 0 Å². The van der Waals surface area contributed by atoms with Crippen molar-refractivity contribution in [2.75, 3.05) is 19.7 Å². The van der Waals surface area contributed by atoms with Crippen LogP contribution in [0.25, 0.3) is 0 Å². The van der Waals surface area contributed by atoms with Gasteiger partial charge in [-0.05, 0) is 12.8 Å². The standard InChI is InChI=1S/C17H25NO4/c1-3-5-9-18-11-17-8-7-12(22-17)13(14(17)15(18)19)16(20)21-10-6-4-2/h7-8,12-14H,3-6,9-11H2,1-2H3/t12-,13-,14+,17-/m1/s1. The molecule has 0 N–H and O–H groups in total. The van der Waals surface area contributed by atoms with Crippen LogP contribution in [-0.4, -0.2) is 48.2 Å².